The number of sulfonamides is 1. The number of benzene rings is 1. The number of nitrogens with two attached hydrogens (primary N) is 1. The predicted octanol–water partition coefficient (Wildman–Crippen LogP) is 2.60. The monoisotopic (exact) mass is 572 g/mol. The summed E-state index contributed by atoms with van der Waals surface area (Å²) in [6.45, 7) is 2.38. The Morgan fingerprint density at radius 2 is 1.87 bits per heavy atom. The average molecular weight is 573 g/mol. The number of ether oxygens (including phenoxy) is 2. The fourth-order valence-corrected chi connectivity index (χ4v) is 6.40. The molecule has 0 amide bonds. The summed E-state index contributed by atoms with van der Waals surface area (Å²) in [7, 11) is -4.28. The van der Waals surface area contributed by atoms with Gasteiger partial charge < -0.3 is 15.2 Å². The highest BCUT2D eigenvalue weighted by molar-refractivity contribution is 7.89. The molecule has 39 heavy (non-hydrogen) atoms. The normalized spacial score (nSPS) is 23.3. The van der Waals surface area contributed by atoms with Crippen LogP contribution in [-0.2, 0) is 24.3 Å². The van der Waals surface area contributed by atoms with Crippen LogP contribution >= 0.6 is 0 Å². The Labute approximate surface area is 219 Å². The number of nitrogens with one attached hydrogen (secondary N) is 1. The Morgan fingerprint density at radius 1 is 1.18 bits per heavy atom. The zero-order chi connectivity index (χ0) is 28.4. The van der Waals surface area contributed by atoms with Gasteiger partial charge in [-0.05, 0) is 57.2 Å². The number of carbonyl (C=O) groups excluding carboxylic acids is 1. The Kier molecular flexibility index (Phi) is 6.34. The van der Waals surface area contributed by atoms with E-state index in [0.717, 1.165) is 6.07 Å². The van der Waals surface area contributed by atoms with E-state index in [1.807, 2.05) is 0 Å². The third kappa shape index (κ3) is 5.03. The number of alkyl halides is 3. The summed E-state index contributed by atoms with van der Waals surface area (Å²) in [6, 6.07) is 2.20. The number of anilines is 1. The quantitative estimate of drug-likeness (QED) is 0.336. The van der Waals surface area contributed by atoms with Crippen LogP contribution in [0.3, 0.4) is 0 Å². The lowest BCUT2D eigenvalue weighted by atomic mass is 9.72. The second-order valence-electron chi connectivity index (χ2n) is 9.93. The van der Waals surface area contributed by atoms with Gasteiger partial charge in [-0.15, -0.1) is 0 Å². The Hall–Kier alpha value is -3.37. The van der Waals surface area contributed by atoms with Crippen LogP contribution < -0.4 is 10.5 Å². The summed E-state index contributed by atoms with van der Waals surface area (Å²) in [5.41, 5.74) is 4.36. The minimum atomic E-state index is -5.12. The molecule has 0 atom stereocenters. The van der Waals surface area contributed by atoms with Gasteiger partial charge in [0, 0.05) is 11.8 Å². The molecule has 3 fully saturated rings. The van der Waals surface area contributed by atoms with Crippen molar-refractivity contribution in [1.82, 2.24) is 24.1 Å². The summed E-state index contributed by atoms with van der Waals surface area (Å²) in [4.78, 5) is 23.4. The van der Waals surface area contributed by atoms with Crippen molar-refractivity contribution in [2.24, 2.45) is 0 Å². The van der Waals surface area contributed by atoms with Crippen LogP contribution in [0, 0.1) is 19.7 Å². The molecule has 1 aromatic carbocycles. The van der Waals surface area contributed by atoms with Crippen molar-refractivity contribution in [3.05, 3.63) is 35.5 Å². The van der Waals surface area contributed by atoms with Crippen LogP contribution in [0.1, 0.15) is 37.1 Å². The van der Waals surface area contributed by atoms with Crippen LogP contribution in [0.2, 0.25) is 0 Å². The Bertz CT molecular complexity index is 1570. The molecule has 16 heteroatoms. The molecule has 11 nitrogen and oxygen atoms in total. The third-order valence-corrected chi connectivity index (χ3v) is 8.76. The van der Waals surface area contributed by atoms with Crippen molar-refractivity contribution in [3.63, 3.8) is 0 Å². The first-order valence-corrected chi connectivity index (χ1v) is 13.3. The van der Waals surface area contributed by atoms with E-state index in [1.165, 1.54) is 23.6 Å². The van der Waals surface area contributed by atoms with Crippen LogP contribution in [0.15, 0.2) is 23.2 Å². The minimum absolute atomic E-state index is 0.109. The van der Waals surface area contributed by atoms with Crippen LogP contribution in [0.25, 0.3) is 17.0 Å². The molecule has 210 valence electrons. The van der Waals surface area contributed by atoms with E-state index in [1.54, 1.807) is 6.92 Å². The molecule has 2 aromatic heterocycles. The topological polar surface area (TPSA) is 151 Å². The molecule has 3 N–H and O–H groups in total. The molecule has 3 aromatic rings. The highest BCUT2D eigenvalue weighted by atomic mass is 32.2. The number of rotatable bonds is 6. The lowest BCUT2D eigenvalue weighted by Gasteiger charge is -2.52. The summed E-state index contributed by atoms with van der Waals surface area (Å²) in [6.07, 6.45) is -2.87. The predicted molar refractivity (Wildman–Crippen MR) is 127 cm³/mol. The second-order valence-corrected chi connectivity index (χ2v) is 11.6. The van der Waals surface area contributed by atoms with E-state index in [-0.39, 0.29) is 65.7 Å². The number of aromatic nitrogens is 4. The minimum Gasteiger partial charge on any atom is -0.456 e. The first kappa shape index (κ1) is 27.2. The largest absolute Gasteiger partial charge is 0.490 e. The maximum Gasteiger partial charge on any atom is 0.490 e. The zero-order valence-electron chi connectivity index (χ0n) is 20.8. The zero-order valence-corrected chi connectivity index (χ0v) is 21.6. The number of aryl methyl sites for hydroxylation is 1. The molecule has 2 saturated heterocycles. The van der Waals surface area contributed by atoms with E-state index in [0.29, 0.717) is 5.82 Å². The van der Waals surface area contributed by atoms with E-state index < -0.39 is 45.7 Å². The number of esters is 1. The van der Waals surface area contributed by atoms with Crippen molar-refractivity contribution < 1.29 is 40.2 Å². The SMILES string of the molecule is Cc1nc(N)n2cc(-c3cc(S(=O)(=O)NC45CCC(COC(=O)C(F)(F)F)(CC4)OC5)cc(F)c3C)nc2n1. The fourth-order valence-electron chi connectivity index (χ4n) is 4.92. The molecule has 0 unspecified atom stereocenters. The lowest BCUT2D eigenvalue weighted by Crippen LogP contribution is -2.64. The number of hydrogen-bond acceptors (Lipinski definition) is 9. The van der Waals surface area contributed by atoms with Crippen molar-refractivity contribution in [2.45, 2.75) is 61.7 Å². The average Bonchev–Trinajstić information content (AvgIpc) is 3.28. The van der Waals surface area contributed by atoms with Crippen LogP contribution in [0.5, 0.6) is 0 Å². The molecule has 2 bridgehead atoms. The van der Waals surface area contributed by atoms with Gasteiger partial charge in [0.15, 0.2) is 0 Å². The first-order valence-electron chi connectivity index (χ1n) is 11.8. The molecule has 0 spiro atoms. The van der Waals surface area contributed by atoms with Gasteiger partial charge in [-0.1, -0.05) is 0 Å². The third-order valence-electron chi connectivity index (χ3n) is 7.20. The van der Waals surface area contributed by atoms with E-state index in [2.05, 4.69) is 24.4 Å². The number of nitrogens with zero attached hydrogens (tertiary/aromatic N) is 4. The standard InChI is InChI=1S/C23H24F4N6O5S/c1-12-15(17-9-33-19(28)29-13(2)30-20(33)31-17)7-14(8-16(12)24)39(35,36)32-21-3-5-22(6-4-21,38-10-21)11-37-18(34)23(25,26)27/h7-9,32H,3-6,10-11H2,1-2H3,(H2,28,29,30,31). The Balaban J connectivity index is 1.37. The molecule has 6 rings (SSSR count). The molecule has 1 saturated carbocycles. The van der Waals surface area contributed by atoms with Gasteiger partial charge in [0.25, 0.3) is 0 Å². The van der Waals surface area contributed by atoms with Crippen molar-refractivity contribution in [2.75, 3.05) is 18.9 Å². The summed E-state index contributed by atoms with van der Waals surface area (Å²) >= 11 is 0. The number of hydrogen-bond donors (Lipinski definition) is 2. The smallest absolute Gasteiger partial charge is 0.456 e. The van der Waals surface area contributed by atoms with Crippen molar-refractivity contribution in [3.8, 4) is 11.3 Å². The first-order chi connectivity index (χ1) is 18.1. The lowest BCUT2D eigenvalue weighted by molar-refractivity contribution is -0.219. The molecular formula is C23H24F4N6O5S. The van der Waals surface area contributed by atoms with Crippen molar-refractivity contribution in [1.29, 1.82) is 0 Å². The summed E-state index contributed by atoms with van der Waals surface area (Å²) in [5.74, 6) is -2.38. The highest BCUT2D eigenvalue weighted by Gasteiger charge is 2.53. The summed E-state index contributed by atoms with van der Waals surface area (Å²) in [5, 5.41) is 0. The highest BCUT2D eigenvalue weighted by Crippen LogP contribution is 2.45. The van der Waals surface area contributed by atoms with Gasteiger partial charge in [0.05, 0.1) is 22.7 Å². The van der Waals surface area contributed by atoms with Gasteiger partial charge in [0.1, 0.15) is 23.8 Å². The van der Waals surface area contributed by atoms with Crippen LogP contribution in [0.4, 0.5) is 23.5 Å². The van der Waals surface area contributed by atoms with Gasteiger partial charge in [-0.3, -0.25) is 4.40 Å². The van der Waals surface area contributed by atoms with Gasteiger partial charge in [-0.25, -0.2) is 27.3 Å². The van der Waals surface area contributed by atoms with E-state index >= 15 is 0 Å². The number of carbonyl (C=O) groups is 1. The molecule has 1 aliphatic carbocycles. The van der Waals surface area contributed by atoms with E-state index in [9.17, 15) is 30.8 Å². The maximum atomic E-state index is 15.0. The van der Waals surface area contributed by atoms with Gasteiger partial charge in [0.2, 0.25) is 21.7 Å². The molecule has 4 heterocycles. The number of imidazole rings is 1. The number of halogens is 4. The number of nitrogen functional groups attached to an aromatic ring is 1. The molecule has 2 aliphatic heterocycles. The number of fused-ring (bicyclic) bond motifs is 4. The maximum absolute atomic E-state index is 15.0. The Morgan fingerprint density at radius 3 is 2.49 bits per heavy atom. The molecule has 3 aliphatic rings. The van der Waals surface area contributed by atoms with Crippen molar-refractivity contribution >= 4 is 27.7 Å². The van der Waals surface area contributed by atoms with E-state index in [4.69, 9.17) is 10.5 Å². The van der Waals surface area contributed by atoms with Gasteiger partial charge >= 0.3 is 12.1 Å². The second kappa shape index (κ2) is 9.09. The molecular weight excluding hydrogens is 548 g/mol. The summed E-state index contributed by atoms with van der Waals surface area (Å²) < 4.78 is 93.4. The van der Waals surface area contributed by atoms with Gasteiger partial charge in [-0.2, -0.15) is 23.1 Å². The fraction of sp³-hybridized carbons (Fsp3) is 0.478. The molecule has 0 radical (unpaired) electrons. The van der Waals surface area contributed by atoms with Crippen LogP contribution in [-0.4, -0.2) is 64.3 Å².